The summed E-state index contributed by atoms with van der Waals surface area (Å²) >= 11 is 0. The highest BCUT2D eigenvalue weighted by atomic mass is 19.1. The third-order valence-electron chi connectivity index (χ3n) is 3.33. The second kappa shape index (κ2) is 6.87. The van der Waals surface area contributed by atoms with Crippen LogP contribution in [0.15, 0.2) is 54.7 Å². The van der Waals surface area contributed by atoms with E-state index in [2.05, 4.69) is 15.6 Å². The molecule has 0 aliphatic rings. The number of halogens is 1. The summed E-state index contributed by atoms with van der Waals surface area (Å²) in [5.74, 6) is -0.757. The van der Waals surface area contributed by atoms with E-state index in [4.69, 9.17) is 0 Å². The van der Waals surface area contributed by atoms with Crippen molar-refractivity contribution in [3.63, 3.8) is 0 Å². The van der Waals surface area contributed by atoms with E-state index in [1.807, 2.05) is 0 Å². The van der Waals surface area contributed by atoms with Gasteiger partial charge in [0.1, 0.15) is 18.1 Å². The molecule has 0 saturated heterocycles. The first-order chi connectivity index (χ1) is 12.0. The second-order valence-electron chi connectivity index (χ2n) is 5.16. The highest BCUT2D eigenvalue weighted by Crippen LogP contribution is 2.17. The van der Waals surface area contributed by atoms with E-state index < -0.39 is 4.92 Å². The van der Waals surface area contributed by atoms with Gasteiger partial charge >= 0.3 is 0 Å². The number of nitrogens with one attached hydrogen (secondary N) is 1. The monoisotopic (exact) mass is 341 g/mol. The van der Waals surface area contributed by atoms with Crippen LogP contribution in [0.2, 0.25) is 0 Å². The predicted octanol–water partition coefficient (Wildman–Crippen LogP) is 2.63. The van der Waals surface area contributed by atoms with Gasteiger partial charge < -0.3 is 5.32 Å². The molecule has 3 aromatic rings. The van der Waals surface area contributed by atoms with Crippen LogP contribution < -0.4 is 5.32 Å². The van der Waals surface area contributed by atoms with Crippen LogP contribution in [-0.2, 0) is 11.3 Å². The van der Waals surface area contributed by atoms with Crippen molar-refractivity contribution in [2.45, 2.75) is 6.54 Å². The van der Waals surface area contributed by atoms with Crippen molar-refractivity contribution in [1.82, 2.24) is 15.0 Å². The minimum Gasteiger partial charge on any atom is -0.324 e. The van der Waals surface area contributed by atoms with E-state index in [9.17, 15) is 19.3 Å². The van der Waals surface area contributed by atoms with E-state index in [1.54, 1.807) is 12.1 Å². The van der Waals surface area contributed by atoms with Gasteiger partial charge in [0.25, 0.3) is 5.69 Å². The molecular weight excluding hydrogens is 329 g/mol. The molecule has 0 bridgehead atoms. The first kappa shape index (κ1) is 16.2. The Labute approximate surface area is 141 Å². The Morgan fingerprint density at radius 3 is 2.68 bits per heavy atom. The average Bonchev–Trinajstić information content (AvgIpc) is 3.03. The second-order valence-corrected chi connectivity index (χ2v) is 5.16. The van der Waals surface area contributed by atoms with Gasteiger partial charge in [0.05, 0.1) is 11.1 Å². The number of carbonyl (C=O) groups excluding carboxylic acids is 1. The molecular formula is C16H12FN5O3. The standard InChI is InChI=1S/C16H12FN5O3/c17-12-3-1-2-11(8-12)15-9-21(20-19-15)10-16(23)18-13-4-6-14(7-5-13)22(24)25/h1-9H,10H2,(H,18,23). The Balaban J connectivity index is 1.64. The Bertz CT molecular complexity index is 924. The third kappa shape index (κ3) is 4.02. The number of nitrogens with zero attached hydrogens (tertiary/aromatic N) is 4. The molecule has 0 radical (unpaired) electrons. The molecule has 25 heavy (non-hydrogen) atoms. The third-order valence-corrected chi connectivity index (χ3v) is 3.33. The number of carbonyl (C=O) groups is 1. The molecule has 8 nitrogen and oxygen atoms in total. The largest absolute Gasteiger partial charge is 0.324 e. The molecule has 0 unspecified atom stereocenters. The number of hydrogen-bond acceptors (Lipinski definition) is 5. The van der Waals surface area contributed by atoms with E-state index in [0.717, 1.165) is 0 Å². The maximum Gasteiger partial charge on any atom is 0.269 e. The number of benzene rings is 2. The Hall–Kier alpha value is -3.62. The van der Waals surface area contributed by atoms with Crippen molar-refractivity contribution < 1.29 is 14.1 Å². The van der Waals surface area contributed by atoms with Crippen molar-refractivity contribution in [3.8, 4) is 11.3 Å². The van der Waals surface area contributed by atoms with Crippen LogP contribution in [0.4, 0.5) is 15.8 Å². The molecule has 9 heteroatoms. The van der Waals surface area contributed by atoms with Crippen molar-refractivity contribution in [3.05, 3.63) is 70.7 Å². The average molecular weight is 341 g/mol. The maximum atomic E-state index is 13.2. The minimum absolute atomic E-state index is 0.0611. The zero-order valence-electron chi connectivity index (χ0n) is 12.8. The maximum absolute atomic E-state index is 13.2. The summed E-state index contributed by atoms with van der Waals surface area (Å²) in [5.41, 5.74) is 1.37. The van der Waals surface area contributed by atoms with Crippen LogP contribution in [0.5, 0.6) is 0 Å². The SMILES string of the molecule is O=C(Cn1cc(-c2cccc(F)c2)nn1)Nc1ccc([N+](=O)[O-])cc1. The fourth-order valence-electron chi connectivity index (χ4n) is 2.17. The van der Waals surface area contributed by atoms with Gasteiger partial charge in [-0.25, -0.2) is 9.07 Å². The van der Waals surface area contributed by atoms with Gasteiger partial charge in [0.2, 0.25) is 5.91 Å². The van der Waals surface area contributed by atoms with Crippen LogP contribution in [0.25, 0.3) is 11.3 Å². The molecule has 3 rings (SSSR count). The van der Waals surface area contributed by atoms with Crippen LogP contribution in [0.3, 0.4) is 0 Å². The lowest BCUT2D eigenvalue weighted by molar-refractivity contribution is -0.384. The number of hydrogen-bond donors (Lipinski definition) is 1. The number of aromatic nitrogens is 3. The van der Waals surface area contributed by atoms with Gasteiger partial charge in [-0.1, -0.05) is 17.3 Å². The van der Waals surface area contributed by atoms with Crippen molar-refractivity contribution >= 4 is 17.3 Å². The fourth-order valence-corrected chi connectivity index (χ4v) is 2.17. The number of nitro groups is 1. The van der Waals surface area contributed by atoms with Gasteiger partial charge in [-0.05, 0) is 24.3 Å². The van der Waals surface area contributed by atoms with E-state index in [0.29, 0.717) is 16.9 Å². The van der Waals surface area contributed by atoms with E-state index in [1.165, 1.54) is 47.3 Å². The van der Waals surface area contributed by atoms with Crippen LogP contribution in [0.1, 0.15) is 0 Å². The van der Waals surface area contributed by atoms with Gasteiger partial charge in [-0.3, -0.25) is 14.9 Å². The Morgan fingerprint density at radius 2 is 2.00 bits per heavy atom. The number of nitro benzene ring substituents is 1. The first-order valence-corrected chi connectivity index (χ1v) is 7.21. The highest BCUT2D eigenvalue weighted by molar-refractivity contribution is 5.90. The summed E-state index contributed by atoms with van der Waals surface area (Å²) in [6, 6.07) is 11.4. The summed E-state index contributed by atoms with van der Waals surface area (Å²) in [6.07, 6.45) is 1.53. The van der Waals surface area contributed by atoms with E-state index >= 15 is 0 Å². The highest BCUT2D eigenvalue weighted by Gasteiger charge is 2.10. The van der Waals surface area contributed by atoms with Gasteiger partial charge in [0, 0.05) is 23.4 Å². The zero-order chi connectivity index (χ0) is 17.8. The number of rotatable bonds is 5. The minimum atomic E-state index is -0.519. The fraction of sp³-hybridized carbons (Fsp3) is 0.0625. The molecule has 0 spiro atoms. The predicted molar refractivity (Wildman–Crippen MR) is 87.1 cm³/mol. The van der Waals surface area contributed by atoms with Crippen molar-refractivity contribution in [1.29, 1.82) is 0 Å². The smallest absolute Gasteiger partial charge is 0.269 e. The van der Waals surface area contributed by atoms with Gasteiger partial charge in [-0.15, -0.1) is 5.10 Å². The van der Waals surface area contributed by atoms with Crippen LogP contribution in [-0.4, -0.2) is 25.8 Å². The topological polar surface area (TPSA) is 103 Å². The molecule has 0 aliphatic heterocycles. The molecule has 126 valence electrons. The Kier molecular flexibility index (Phi) is 4.46. The van der Waals surface area contributed by atoms with Crippen molar-refractivity contribution in [2.75, 3.05) is 5.32 Å². The number of non-ortho nitro benzene ring substituents is 1. The summed E-state index contributed by atoms with van der Waals surface area (Å²) in [6.45, 7) is -0.0979. The van der Waals surface area contributed by atoms with Crippen LogP contribution >= 0.6 is 0 Å². The lowest BCUT2D eigenvalue weighted by Gasteiger charge is -2.04. The lowest BCUT2D eigenvalue weighted by atomic mass is 10.2. The molecule has 1 amide bonds. The number of anilines is 1. The molecule has 0 aliphatic carbocycles. The summed E-state index contributed by atoms with van der Waals surface area (Å²) < 4.78 is 14.5. The molecule has 0 atom stereocenters. The van der Waals surface area contributed by atoms with Gasteiger partial charge in [0.15, 0.2) is 0 Å². The summed E-state index contributed by atoms with van der Waals surface area (Å²) in [7, 11) is 0. The summed E-state index contributed by atoms with van der Waals surface area (Å²) in [5, 5.41) is 20.9. The zero-order valence-corrected chi connectivity index (χ0v) is 12.8. The molecule has 1 N–H and O–H groups in total. The van der Waals surface area contributed by atoms with Crippen molar-refractivity contribution in [2.24, 2.45) is 0 Å². The quantitative estimate of drug-likeness (QED) is 0.567. The first-order valence-electron chi connectivity index (χ1n) is 7.21. The van der Waals surface area contributed by atoms with Gasteiger partial charge in [-0.2, -0.15) is 0 Å². The Morgan fingerprint density at radius 1 is 1.24 bits per heavy atom. The van der Waals surface area contributed by atoms with Crippen LogP contribution in [0, 0.1) is 15.9 Å². The molecule has 0 saturated carbocycles. The molecule has 1 heterocycles. The lowest BCUT2D eigenvalue weighted by Crippen LogP contribution is -2.19. The normalized spacial score (nSPS) is 10.4. The molecule has 1 aromatic heterocycles. The molecule has 2 aromatic carbocycles. The summed E-state index contributed by atoms with van der Waals surface area (Å²) in [4.78, 5) is 22.1. The van der Waals surface area contributed by atoms with E-state index in [-0.39, 0.29) is 24.0 Å². The number of amides is 1. The molecule has 0 fully saturated rings.